The lowest BCUT2D eigenvalue weighted by molar-refractivity contribution is -0.144. The summed E-state index contributed by atoms with van der Waals surface area (Å²) in [5.74, 6) is -0.298. The Morgan fingerprint density at radius 3 is 2.29 bits per heavy atom. The molecule has 4 heteroatoms. The minimum absolute atomic E-state index is 0.176. The van der Waals surface area contributed by atoms with Crippen LogP contribution in [0.15, 0.2) is 71.3 Å². The van der Waals surface area contributed by atoms with Gasteiger partial charge < -0.3 is 4.74 Å². The molecule has 2 rings (SSSR count). The van der Waals surface area contributed by atoms with Gasteiger partial charge in [-0.3, -0.25) is 4.79 Å². The first-order valence-corrected chi connectivity index (χ1v) is 13.9. The van der Waals surface area contributed by atoms with E-state index in [2.05, 4.69) is 64.0 Å². The second-order valence-electron chi connectivity index (χ2n) is 8.17. The normalized spacial score (nSPS) is 13.4. The Hall–Kier alpha value is -2.00. The van der Waals surface area contributed by atoms with E-state index in [4.69, 9.17) is 4.74 Å². The van der Waals surface area contributed by atoms with Crippen molar-refractivity contribution >= 4 is 25.8 Å². The van der Waals surface area contributed by atoms with Crippen molar-refractivity contribution in [2.75, 3.05) is 0 Å². The fraction of sp³-hybridized carbons (Fsp3) is 0.333. The Bertz CT molecular complexity index is 877. The second kappa shape index (κ2) is 9.47. The molecule has 0 aliphatic rings. The van der Waals surface area contributed by atoms with E-state index >= 15 is 0 Å². The standard InChI is InChI=1S/C24H30O2SSi/c1-8-21(23(26-19(4)25)20-12-10-9-11-13-20)24(28(5,6)7)27-22-16-17(2)14-15-18(22)3/h9-16,23-24H,1H2,2-7H3. The highest BCUT2D eigenvalue weighted by Crippen LogP contribution is 2.41. The van der Waals surface area contributed by atoms with Crippen molar-refractivity contribution in [2.45, 2.75) is 56.3 Å². The molecule has 0 aromatic heterocycles. The molecular formula is C24H30O2SSi. The molecule has 2 aromatic carbocycles. The molecule has 148 valence electrons. The Morgan fingerprint density at radius 1 is 1.11 bits per heavy atom. The third-order valence-corrected chi connectivity index (χ3v) is 10.1. The third kappa shape index (κ3) is 5.75. The summed E-state index contributed by atoms with van der Waals surface area (Å²) in [6.07, 6.45) is -0.467. The van der Waals surface area contributed by atoms with Crippen molar-refractivity contribution in [3.63, 3.8) is 0 Å². The van der Waals surface area contributed by atoms with Crippen LogP contribution < -0.4 is 0 Å². The lowest BCUT2D eigenvalue weighted by Gasteiger charge is -2.34. The van der Waals surface area contributed by atoms with Crippen LogP contribution in [0.4, 0.5) is 0 Å². The number of ether oxygens (including phenoxy) is 1. The number of thioether (sulfide) groups is 1. The highest BCUT2D eigenvalue weighted by molar-refractivity contribution is 8.02. The summed E-state index contributed by atoms with van der Waals surface area (Å²) in [5, 5.41) is 0. The van der Waals surface area contributed by atoms with E-state index < -0.39 is 14.2 Å². The van der Waals surface area contributed by atoms with Gasteiger partial charge in [0.25, 0.3) is 0 Å². The molecule has 0 bridgehead atoms. The number of hydrogen-bond donors (Lipinski definition) is 0. The molecule has 0 spiro atoms. The minimum atomic E-state index is -1.71. The van der Waals surface area contributed by atoms with E-state index in [1.165, 1.54) is 22.9 Å². The molecule has 2 atom stereocenters. The van der Waals surface area contributed by atoms with Crippen LogP contribution >= 0.6 is 11.8 Å². The first kappa shape index (κ1) is 22.3. The van der Waals surface area contributed by atoms with Crippen molar-refractivity contribution in [1.29, 1.82) is 0 Å². The van der Waals surface area contributed by atoms with Gasteiger partial charge in [0.15, 0.2) is 6.10 Å². The van der Waals surface area contributed by atoms with Crippen LogP contribution in [0, 0.1) is 13.8 Å². The maximum absolute atomic E-state index is 11.9. The average molecular weight is 411 g/mol. The number of carbonyl (C=O) groups excluding carboxylic acids is 1. The molecule has 0 aliphatic carbocycles. The van der Waals surface area contributed by atoms with E-state index in [1.807, 2.05) is 42.1 Å². The van der Waals surface area contributed by atoms with Crippen LogP contribution in [0.5, 0.6) is 0 Å². The first-order valence-electron chi connectivity index (χ1n) is 9.49. The molecule has 0 radical (unpaired) electrons. The fourth-order valence-electron chi connectivity index (χ4n) is 3.10. The Kier molecular flexibility index (Phi) is 7.53. The van der Waals surface area contributed by atoms with E-state index in [-0.39, 0.29) is 10.8 Å². The van der Waals surface area contributed by atoms with Gasteiger partial charge in [-0.15, -0.1) is 17.5 Å². The van der Waals surface area contributed by atoms with Gasteiger partial charge >= 0.3 is 5.97 Å². The summed E-state index contributed by atoms with van der Waals surface area (Å²) >= 11 is 1.85. The van der Waals surface area contributed by atoms with Crippen LogP contribution in [0.2, 0.25) is 19.6 Å². The average Bonchev–Trinajstić information content (AvgIpc) is 2.63. The second-order valence-corrected chi connectivity index (χ2v) is 15.0. The van der Waals surface area contributed by atoms with Crippen molar-refractivity contribution in [3.05, 3.63) is 83.1 Å². The van der Waals surface area contributed by atoms with Crippen molar-refractivity contribution in [3.8, 4) is 0 Å². The van der Waals surface area contributed by atoms with Crippen LogP contribution in [-0.4, -0.2) is 18.9 Å². The van der Waals surface area contributed by atoms with Crippen LogP contribution in [0.25, 0.3) is 0 Å². The summed E-state index contributed by atoms with van der Waals surface area (Å²) in [7, 11) is -1.71. The molecule has 28 heavy (non-hydrogen) atoms. The van der Waals surface area contributed by atoms with Crippen LogP contribution in [0.3, 0.4) is 0 Å². The Labute approximate surface area is 174 Å². The third-order valence-electron chi connectivity index (χ3n) is 4.53. The van der Waals surface area contributed by atoms with Crippen molar-refractivity contribution in [2.24, 2.45) is 0 Å². The summed E-state index contributed by atoms with van der Waals surface area (Å²) in [4.78, 5) is 13.3. The number of carbonyl (C=O) groups is 1. The summed E-state index contributed by atoms with van der Waals surface area (Å²) in [5.41, 5.74) is 7.57. The number of esters is 1. The van der Waals surface area contributed by atoms with Gasteiger partial charge in [-0.05, 0) is 31.0 Å². The number of benzene rings is 2. The van der Waals surface area contributed by atoms with Crippen molar-refractivity contribution < 1.29 is 9.53 Å². The zero-order chi connectivity index (χ0) is 20.9. The van der Waals surface area contributed by atoms with Crippen molar-refractivity contribution in [1.82, 2.24) is 0 Å². The van der Waals surface area contributed by atoms with E-state index in [0.717, 1.165) is 11.1 Å². The van der Waals surface area contributed by atoms with Crippen LogP contribution in [-0.2, 0) is 9.53 Å². The molecule has 2 unspecified atom stereocenters. The van der Waals surface area contributed by atoms with Gasteiger partial charge in [-0.1, -0.05) is 74.2 Å². The summed E-state index contributed by atoms with van der Waals surface area (Å²) in [6.45, 7) is 16.7. The summed E-state index contributed by atoms with van der Waals surface area (Å²) in [6, 6.07) is 16.4. The zero-order valence-corrected chi connectivity index (χ0v) is 19.5. The van der Waals surface area contributed by atoms with Gasteiger partial charge in [-0.2, -0.15) is 0 Å². The lowest BCUT2D eigenvalue weighted by Crippen LogP contribution is -2.39. The van der Waals surface area contributed by atoms with Gasteiger partial charge in [0.1, 0.15) is 0 Å². The van der Waals surface area contributed by atoms with Gasteiger partial charge in [0, 0.05) is 22.3 Å². The summed E-state index contributed by atoms with van der Waals surface area (Å²) < 4.78 is 5.79. The van der Waals surface area contributed by atoms with Gasteiger partial charge in [0.05, 0.1) is 8.07 Å². The molecule has 2 aromatic rings. The quantitative estimate of drug-likeness (QED) is 0.221. The minimum Gasteiger partial charge on any atom is -0.452 e. The molecule has 0 saturated heterocycles. The predicted molar refractivity (Wildman–Crippen MR) is 123 cm³/mol. The topological polar surface area (TPSA) is 26.3 Å². The molecule has 0 saturated carbocycles. The monoisotopic (exact) mass is 410 g/mol. The molecule has 0 aliphatic heterocycles. The lowest BCUT2D eigenvalue weighted by atomic mass is 10.0. The first-order chi connectivity index (χ1) is 13.1. The molecule has 2 nitrogen and oxygen atoms in total. The molecule has 0 N–H and O–H groups in total. The Morgan fingerprint density at radius 2 is 1.75 bits per heavy atom. The highest BCUT2D eigenvalue weighted by Gasteiger charge is 2.36. The number of hydrogen-bond acceptors (Lipinski definition) is 3. The zero-order valence-electron chi connectivity index (χ0n) is 17.7. The van der Waals surface area contributed by atoms with Crippen LogP contribution in [0.1, 0.15) is 29.7 Å². The van der Waals surface area contributed by atoms with Gasteiger partial charge in [0.2, 0.25) is 0 Å². The molecule has 0 heterocycles. The Balaban J connectivity index is 2.53. The smallest absolute Gasteiger partial charge is 0.303 e. The van der Waals surface area contributed by atoms with E-state index in [9.17, 15) is 4.79 Å². The number of aryl methyl sites for hydroxylation is 2. The van der Waals surface area contributed by atoms with Gasteiger partial charge in [-0.25, -0.2) is 0 Å². The SMILES string of the molecule is C=C=C(C(OC(C)=O)c1ccccc1)C(Sc1cc(C)ccc1C)[Si](C)(C)C. The molecular weight excluding hydrogens is 380 g/mol. The molecule has 0 amide bonds. The maximum atomic E-state index is 11.9. The maximum Gasteiger partial charge on any atom is 0.303 e. The van der Waals surface area contributed by atoms with E-state index in [1.54, 1.807) is 0 Å². The largest absolute Gasteiger partial charge is 0.452 e. The molecule has 0 fully saturated rings. The van der Waals surface area contributed by atoms with E-state index in [0.29, 0.717) is 0 Å². The fourth-order valence-corrected chi connectivity index (χ4v) is 7.17. The predicted octanol–water partition coefficient (Wildman–Crippen LogP) is 6.66. The highest BCUT2D eigenvalue weighted by atomic mass is 32.2. The number of rotatable bonds is 7.